The summed E-state index contributed by atoms with van der Waals surface area (Å²) in [6, 6.07) is 9.71. The molecule has 1 unspecified atom stereocenters. The number of nitrogens with two attached hydrogens (primary N) is 1. The average Bonchev–Trinajstić information content (AvgIpc) is 2.39. The van der Waals surface area contributed by atoms with Gasteiger partial charge in [-0.3, -0.25) is 4.79 Å². The van der Waals surface area contributed by atoms with E-state index in [1.807, 2.05) is 35.2 Å². The Labute approximate surface area is 122 Å². The van der Waals surface area contributed by atoms with Crippen LogP contribution in [0.25, 0.3) is 0 Å². The minimum atomic E-state index is -0.356. The highest BCUT2D eigenvalue weighted by Gasteiger charge is 2.19. The van der Waals surface area contributed by atoms with Crippen LogP contribution in [0.4, 0.5) is 0 Å². The molecule has 1 aromatic rings. The van der Waals surface area contributed by atoms with E-state index in [1.54, 1.807) is 0 Å². The van der Waals surface area contributed by atoms with Gasteiger partial charge in [0.05, 0.1) is 6.04 Å². The fourth-order valence-corrected chi connectivity index (χ4v) is 2.01. The molecule has 1 rings (SSSR count). The molecule has 4 heteroatoms. The Balaban J connectivity index is 0.00000324. The highest BCUT2D eigenvalue weighted by atomic mass is 35.5. The second-order valence-electron chi connectivity index (χ2n) is 4.64. The monoisotopic (exact) mass is 284 g/mol. The number of halogens is 1. The van der Waals surface area contributed by atoms with Gasteiger partial charge in [-0.25, -0.2) is 0 Å². The fraction of sp³-hybridized carbons (Fsp3) is 0.533. The average molecular weight is 285 g/mol. The first kappa shape index (κ1) is 17.9. The van der Waals surface area contributed by atoms with Crippen molar-refractivity contribution in [1.29, 1.82) is 0 Å². The number of carbonyl (C=O) groups excluding carboxylic acids is 1. The van der Waals surface area contributed by atoms with E-state index in [1.165, 1.54) is 0 Å². The largest absolute Gasteiger partial charge is 0.337 e. The van der Waals surface area contributed by atoms with E-state index in [-0.39, 0.29) is 24.4 Å². The zero-order valence-electron chi connectivity index (χ0n) is 11.8. The van der Waals surface area contributed by atoms with Crippen molar-refractivity contribution in [3.8, 4) is 0 Å². The molecule has 108 valence electrons. The quantitative estimate of drug-likeness (QED) is 0.837. The minimum absolute atomic E-state index is 0. The minimum Gasteiger partial charge on any atom is -0.337 e. The topological polar surface area (TPSA) is 46.3 Å². The lowest BCUT2D eigenvalue weighted by Gasteiger charge is -2.25. The summed E-state index contributed by atoms with van der Waals surface area (Å²) < 4.78 is 0. The molecular weight excluding hydrogens is 260 g/mol. The Hall–Kier alpha value is -1.06. The van der Waals surface area contributed by atoms with E-state index in [0.717, 1.165) is 31.4 Å². The highest BCUT2D eigenvalue weighted by molar-refractivity contribution is 5.85. The summed E-state index contributed by atoms with van der Waals surface area (Å²) in [5, 5.41) is 0. The van der Waals surface area contributed by atoms with Gasteiger partial charge in [-0.2, -0.15) is 0 Å². The lowest BCUT2D eigenvalue weighted by atomic mass is 10.1. The Bertz CT molecular complexity index is 356. The van der Waals surface area contributed by atoms with Gasteiger partial charge in [-0.05, 0) is 18.4 Å². The molecule has 3 nitrogen and oxygen atoms in total. The molecule has 19 heavy (non-hydrogen) atoms. The molecule has 0 heterocycles. The summed E-state index contributed by atoms with van der Waals surface area (Å²) in [5.41, 5.74) is 7.08. The third-order valence-electron chi connectivity index (χ3n) is 2.94. The zero-order chi connectivity index (χ0) is 13.4. The molecule has 0 aliphatic rings. The van der Waals surface area contributed by atoms with Crippen molar-refractivity contribution < 1.29 is 4.79 Å². The SMILES string of the molecule is CCCC(N)C(=O)N(CCC)Cc1ccccc1.Cl. The van der Waals surface area contributed by atoms with Gasteiger partial charge in [0.25, 0.3) is 0 Å². The fourth-order valence-electron chi connectivity index (χ4n) is 2.01. The molecule has 0 bridgehead atoms. The first-order valence-electron chi connectivity index (χ1n) is 6.77. The summed E-state index contributed by atoms with van der Waals surface area (Å²) in [6.45, 7) is 5.56. The molecule has 0 aliphatic carbocycles. The number of rotatable bonds is 7. The summed E-state index contributed by atoms with van der Waals surface area (Å²) in [4.78, 5) is 14.1. The second-order valence-corrected chi connectivity index (χ2v) is 4.64. The van der Waals surface area contributed by atoms with Crippen molar-refractivity contribution in [2.24, 2.45) is 5.73 Å². The number of benzene rings is 1. The van der Waals surface area contributed by atoms with Crippen LogP contribution in [0.15, 0.2) is 30.3 Å². The Morgan fingerprint density at radius 2 is 1.84 bits per heavy atom. The van der Waals surface area contributed by atoms with Crippen LogP contribution in [0.2, 0.25) is 0 Å². The van der Waals surface area contributed by atoms with Gasteiger partial charge < -0.3 is 10.6 Å². The molecule has 1 atom stereocenters. The molecular formula is C15H25ClN2O. The Morgan fingerprint density at radius 1 is 1.21 bits per heavy atom. The molecule has 0 fully saturated rings. The molecule has 0 aromatic heterocycles. The predicted molar refractivity (Wildman–Crippen MR) is 82.3 cm³/mol. The summed E-state index contributed by atoms with van der Waals surface area (Å²) in [6.07, 6.45) is 2.66. The van der Waals surface area contributed by atoms with Gasteiger partial charge >= 0.3 is 0 Å². The van der Waals surface area contributed by atoms with Gasteiger partial charge in [-0.1, -0.05) is 50.6 Å². The van der Waals surface area contributed by atoms with E-state index >= 15 is 0 Å². The maximum absolute atomic E-state index is 12.2. The summed E-state index contributed by atoms with van der Waals surface area (Å²) in [7, 11) is 0. The van der Waals surface area contributed by atoms with Crippen molar-refractivity contribution in [1.82, 2.24) is 4.90 Å². The maximum atomic E-state index is 12.2. The van der Waals surface area contributed by atoms with E-state index in [9.17, 15) is 4.79 Å². The Morgan fingerprint density at radius 3 is 2.37 bits per heavy atom. The number of amides is 1. The normalized spacial score (nSPS) is 11.5. The van der Waals surface area contributed by atoms with Crippen LogP contribution in [-0.4, -0.2) is 23.4 Å². The van der Waals surface area contributed by atoms with E-state index < -0.39 is 0 Å². The van der Waals surface area contributed by atoms with Crippen LogP contribution >= 0.6 is 12.4 Å². The van der Waals surface area contributed by atoms with Crippen LogP contribution in [0.3, 0.4) is 0 Å². The van der Waals surface area contributed by atoms with Gasteiger partial charge in [-0.15, -0.1) is 12.4 Å². The van der Waals surface area contributed by atoms with E-state index in [4.69, 9.17) is 5.73 Å². The van der Waals surface area contributed by atoms with Crippen LogP contribution < -0.4 is 5.73 Å². The van der Waals surface area contributed by atoms with Gasteiger partial charge in [0.2, 0.25) is 5.91 Å². The van der Waals surface area contributed by atoms with E-state index in [2.05, 4.69) is 13.8 Å². The van der Waals surface area contributed by atoms with Crippen LogP contribution in [0.5, 0.6) is 0 Å². The third-order valence-corrected chi connectivity index (χ3v) is 2.94. The number of hydrogen-bond acceptors (Lipinski definition) is 2. The second kappa shape index (κ2) is 9.82. The van der Waals surface area contributed by atoms with Crippen LogP contribution in [-0.2, 0) is 11.3 Å². The van der Waals surface area contributed by atoms with Crippen molar-refractivity contribution in [2.75, 3.05) is 6.54 Å². The van der Waals surface area contributed by atoms with E-state index in [0.29, 0.717) is 6.54 Å². The first-order chi connectivity index (χ1) is 8.69. The molecule has 0 saturated carbocycles. The third kappa shape index (κ3) is 6.08. The molecule has 1 amide bonds. The maximum Gasteiger partial charge on any atom is 0.239 e. The van der Waals surface area contributed by atoms with Crippen LogP contribution in [0.1, 0.15) is 38.7 Å². The molecule has 0 radical (unpaired) electrons. The Kier molecular flexibility index (Phi) is 9.27. The summed E-state index contributed by atoms with van der Waals surface area (Å²) in [5.74, 6) is 0.0718. The molecule has 0 aliphatic heterocycles. The zero-order valence-corrected chi connectivity index (χ0v) is 12.7. The molecule has 0 spiro atoms. The number of carbonyl (C=O) groups is 1. The molecule has 1 aromatic carbocycles. The first-order valence-corrected chi connectivity index (χ1v) is 6.77. The van der Waals surface area contributed by atoms with Crippen molar-refractivity contribution >= 4 is 18.3 Å². The van der Waals surface area contributed by atoms with Crippen LogP contribution in [0, 0.1) is 0 Å². The number of nitrogens with zero attached hydrogens (tertiary/aromatic N) is 1. The lowest BCUT2D eigenvalue weighted by molar-refractivity contribution is -0.133. The van der Waals surface area contributed by atoms with Crippen molar-refractivity contribution in [3.05, 3.63) is 35.9 Å². The number of hydrogen-bond donors (Lipinski definition) is 1. The van der Waals surface area contributed by atoms with Crippen molar-refractivity contribution in [3.63, 3.8) is 0 Å². The highest BCUT2D eigenvalue weighted by Crippen LogP contribution is 2.08. The summed E-state index contributed by atoms with van der Waals surface area (Å²) >= 11 is 0. The molecule has 0 saturated heterocycles. The van der Waals surface area contributed by atoms with Gasteiger partial charge in [0.1, 0.15) is 0 Å². The smallest absolute Gasteiger partial charge is 0.239 e. The van der Waals surface area contributed by atoms with Gasteiger partial charge in [0.15, 0.2) is 0 Å². The van der Waals surface area contributed by atoms with Crippen molar-refractivity contribution in [2.45, 2.75) is 45.7 Å². The van der Waals surface area contributed by atoms with Gasteiger partial charge in [0, 0.05) is 13.1 Å². The lowest BCUT2D eigenvalue weighted by Crippen LogP contribution is -2.43. The predicted octanol–water partition coefficient (Wildman–Crippen LogP) is 2.97. The molecule has 2 N–H and O–H groups in total. The standard InChI is InChI=1S/C15H24N2O.ClH/c1-3-8-14(16)15(18)17(11-4-2)12-13-9-6-5-7-10-13;/h5-7,9-10,14H,3-4,8,11-12,16H2,1-2H3;1H.